The third-order valence-electron chi connectivity index (χ3n) is 5.18. The predicted octanol–water partition coefficient (Wildman–Crippen LogP) is 4.02. The van der Waals surface area contributed by atoms with Crippen LogP contribution in [-0.2, 0) is 20.7 Å². The molecule has 1 N–H and O–H groups in total. The summed E-state index contributed by atoms with van der Waals surface area (Å²) in [4.78, 5) is 24.9. The van der Waals surface area contributed by atoms with Gasteiger partial charge in [0.05, 0.1) is 18.3 Å². The average molecular weight is 467 g/mol. The summed E-state index contributed by atoms with van der Waals surface area (Å²) in [5, 5.41) is 11.6. The maximum atomic E-state index is 12.5. The number of esters is 1. The molecule has 0 saturated heterocycles. The molecule has 7 nitrogen and oxygen atoms in total. The number of amides is 1. The quantitative estimate of drug-likeness (QED) is 0.339. The third-order valence-corrected chi connectivity index (χ3v) is 6.12. The van der Waals surface area contributed by atoms with Gasteiger partial charge in [-0.2, -0.15) is 0 Å². The van der Waals surface area contributed by atoms with Gasteiger partial charge in [-0.05, 0) is 42.5 Å². The van der Waals surface area contributed by atoms with Gasteiger partial charge < -0.3 is 10.1 Å². The van der Waals surface area contributed by atoms with E-state index in [1.54, 1.807) is 13.3 Å². The Hall–Kier alpha value is -3.13. The molecule has 1 heterocycles. The SMILES string of the molecule is CCOC(=O)C(CNC(=O)CSc1nncn1-c1ccc(C(C)C)cc1)Cc1ccccc1. The van der Waals surface area contributed by atoms with Crippen LogP contribution in [-0.4, -0.2) is 45.5 Å². The van der Waals surface area contributed by atoms with Crippen LogP contribution in [0.3, 0.4) is 0 Å². The van der Waals surface area contributed by atoms with Gasteiger partial charge in [0, 0.05) is 12.2 Å². The van der Waals surface area contributed by atoms with Crippen molar-refractivity contribution in [3.05, 3.63) is 72.1 Å². The van der Waals surface area contributed by atoms with Gasteiger partial charge >= 0.3 is 5.97 Å². The molecular formula is C25H30N4O3S. The second-order valence-electron chi connectivity index (χ2n) is 7.96. The lowest BCUT2D eigenvalue weighted by atomic mass is 9.99. The van der Waals surface area contributed by atoms with Gasteiger partial charge in [-0.1, -0.05) is 68.1 Å². The van der Waals surface area contributed by atoms with Crippen LogP contribution in [0.4, 0.5) is 0 Å². The lowest BCUT2D eigenvalue weighted by Crippen LogP contribution is -2.36. The monoisotopic (exact) mass is 466 g/mol. The summed E-state index contributed by atoms with van der Waals surface area (Å²) < 4.78 is 7.06. The van der Waals surface area contributed by atoms with Crippen LogP contribution < -0.4 is 5.32 Å². The third kappa shape index (κ3) is 7.18. The molecule has 0 aliphatic rings. The largest absolute Gasteiger partial charge is 0.466 e. The minimum Gasteiger partial charge on any atom is -0.466 e. The van der Waals surface area contributed by atoms with E-state index in [4.69, 9.17) is 4.74 Å². The lowest BCUT2D eigenvalue weighted by molar-refractivity contribution is -0.147. The van der Waals surface area contributed by atoms with Gasteiger partial charge in [-0.25, -0.2) is 0 Å². The van der Waals surface area contributed by atoms with Crippen LogP contribution in [0.2, 0.25) is 0 Å². The Morgan fingerprint density at radius 2 is 1.82 bits per heavy atom. The molecule has 3 aromatic rings. The van der Waals surface area contributed by atoms with Crippen LogP contribution in [0.5, 0.6) is 0 Å². The van der Waals surface area contributed by atoms with Crippen molar-refractivity contribution in [2.24, 2.45) is 5.92 Å². The summed E-state index contributed by atoms with van der Waals surface area (Å²) in [5.74, 6) is -0.294. The fourth-order valence-electron chi connectivity index (χ4n) is 3.34. The number of hydrogen-bond donors (Lipinski definition) is 1. The predicted molar refractivity (Wildman–Crippen MR) is 129 cm³/mol. The first-order chi connectivity index (χ1) is 16.0. The Labute approximate surface area is 198 Å². The Morgan fingerprint density at radius 1 is 1.09 bits per heavy atom. The van der Waals surface area contributed by atoms with Gasteiger partial charge in [0.1, 0.15) is 6.33 Å². The van der Waals surface area contributed by atoms with E-state index in [0.717, 1.165) is 11.3 Å². The minimum atomic E-state index is -0.440. The molecule has 1 unspecified atom stereocenters. The van der Waals surface area contributed by atoms with Crippen LogP contribution in [0.1, 0.15) is 37.8 Å². The van der Waals surface area contributed by atoms with Gasteiger partial charge in [-0.3, -0.25) is 14.2 Å². The van der Waals surface area contributed by atoms with Crippen LogP contribution >= 0.6 is 11.8 Å². The summed E-state index contributed by atoms with van der Waals surface area (Å²) >= 11 is 1.30. The molecule has 1 aromatic heterocycles. The zero-order valence-electron chi connectivity index (χ0n) is 19.2. The Morgan fingerprint density at radius 3 is 2.48 bits per heavy atom. The fourth-order valence-corrected chi connectivity index (χ4v) is 4.09. The van der Waals surface area contributed by atoms with Crippen molar-refractivity contribution in [2.45, 2.75) is 38.3 Å². The first-order valence-electron chi connectivity index (χ1n) is 11.1. The van der Waals surface area contributed by atoms with Gasteiger partial charge in [0.2, 0.25) is 5.91 Å². The van der Waals surface area contributed by atoms with Gasteiger partial charge in [-0.15, -0.1) is 10.2 Å². The zero-order chi connectivity index (χ0) is 23.6. The number of hydrogen-bond acceptors (Lipinski definition) is 6. The summed E-state index contributed by atoms with van der Waals surface area (Å²) in [5.41, 5.74) is 3.22. The molecule has 0 fully saturated rings. The van der Waals surface area contributed by atoms with E-state index in [1.165, 1.54) is 17.3 Å². The second-order valence-corrected chi connectivity index (χ2v) is 8.90. The van der Waals surface area contributed by atoms with Gasteiger partial charge in [0.25, 0.3) is 0 Å². The zero-order valence-corrected chi connectivity index (χ0v) is 20.0. The van der Waals surface area contributed by atoms with E-state index >= 15 is 0 Å². The van der Waals surface area contributed by atoms with Crippen molar-refractivity contribution in [1.29, 1.82) is 0 Å². The molecule has 3 rings (SSSR count). The first-order valence-corrected chi connectivity index (χ1v) is 12.1. The summed E-state index contributed by atoms with van der Waals surface area (Å²) in [6.45, 7) is 6.61. The highest BCUT2D eigenvalue weighted by Gasteiger charge is 2.21. The number of nitrogens with one attached hydrogen (secondary N) is 1. The Kier molecular flexibility index (Phi) is 9.06. The molecule has 2 aromatic carbocycles. The maximum absolute atomic E-state index is 12.5. The number of ether oxygens (including phenoxy) is 1. The van der Waals surface area contributed by atoms with Crippen LogP contribution in [0.25, 0.3) is 5.69 Å². The van der Waals surface area contributed by atoms with Gasteiger partial charge in [0.15, 0.2) is 5.16 Å². The number of rotatable bonds is 11. The van der Waals surface area contributed by atoms with E-state index in [1.807, 2.05) is 47.0 Å². The molecule has 174 valence electrons. The highest BCUT2D eigenvalue weighted by Crippen LogP contribution is 2.22. The average Bonchev–Trinajstić information content (AvgIpc) is 3.30. The van der Waals surface area contributed by atoms with Crippen molar-refractivity contribution in [2.75, 3.05) is 18.9 Å². The topological polar surface area (TPSA) is 86.1 Å². The molecule has 8 heteroatoms. The smallest absolute Gasteiger partial charge is 0.311 e. The molecule has 0 aliphatic heterocycles. The van der Waals surface area contributed by atoms with Crippen molar-refractivity contribution in [1.82, 2.24) is 20.1 Å². The van der Waals surface area contributed by atoms with Crippen LogP contribution in [0, 0.1) is 5.92 Å². The van der Waals surface area contributed by atoms with E-state index in [0.29, 0.717) is 24.1 Å². The normalized spacial score (nSPS) is 11.9. The van der Waals surface area contributed by atoms with E-state index in [-0.39, 0.29) is 24.2 Å². The standard InChI is InChI=1S/C25H30N4O3S/c1-4-32-24(31)21(14-19-8-6-5-7-9-19)15-26-23(30)16-33-25-28-27-17-29(25)22-12-10-20(11-13-22)18(2)3/h5-13,17-18,21H,4,14-16H2,1-3H3,(H,26,30). The molecule has 33 heavy (non-hydrogen) atoms. The fraction of sp³-hybridized carbons (Fsp3) is 0.360. The molecule has 1 amide bonds. The number of aromatic nitrogens is 3. The minimum absolute atomic E-state index is 0.170. The number of carbonyl (C=O) groups excluding carboxylic acids is 2. The van der Waals surface area contributed by atoms with E-state index in [9.17, 15) is 9.59 Å². The molecule has 1 atom stereocenters. The molecule has 0 saturated carbocycles. The van der Waals surface area contributed by atoms with E-state index < -0.39 is 5.92 Å². The highest BCUT2D eigenvalue weighted by atomic mass is 32.2. The van der Waals surface area contributed by atoms with Crippen molar-refractivity contribution in [3.8, 4) is 5.69 Å². The molecular weight excluding hydrogens is 436 g/mol. The summed E-state index contributed by atoms with van der Waals surface area (Å²) in [7, 11) is 0. The lowest BCUT2D eigenvalue weighted by Gasteiger charge is -2.16. The molecule has 0 radical (unpaired) electrons. The van der Waals surface area contributed by atoms with E-state index in [2.05, 4.69) is 41.5 Å². The molecule has 0 aliphatic carbocycles. The van der Waals surface area contributed by atoms with Crippen molar-refractivity contribution < 1.29 is 14.3 Å². The first kappa shape index (κ1) is 24.5. The maximum Gasteiger partial charge on any atom is 0.311 e. The molecule has 0 bridgehead atoms. The highest BCUT2D eigenvalue weighted by molar-refractivity contribution is 7.99. The molecule has 0 spiro atoms. The van der Waals surface area contributed by atoms with Crippen LogP contribution in [0.15, 0.2) is 66.1 Å². The summed E-state index contributed by atoms with van der Waals surface area (Å²) in [6, 6.07) is 17.9. The number of carbonyl (C=O) groups is 2. The Balaban J connectivity index is 1.56. The summed E-state index contributed by atoms with van der Waals surface area (Å²) in [6.07, 6.45) is 2.15. The number of thioether (sulfide) groups is 1. The Bertz CT molecular complexity index is 1040. The number of nitrogens with zero attached hydrogens (tertiary/aromatic N) is 3. The van der Waals surface area contributed by atoms with Crippen molar-refractivity contribution >= 4 is 23.6 Å². The second kappa shape index (κ2) is 12.2. The number of benzene rings is 2. The van der Waals surface area contributed by atoms with Crippen molar-refractivity contribution in [3.63, 3.8) is 0 Å².